The first-order valence-corrected chi connectivity index (χ1v) is 12.3. The molecule has 2 amide bonds. The first-order valence-electron chi connectivity index (χ1n) is 11.5. The maximum Gasteiger partial charge on any atom is 0.258 e. The molecule has 5 rings (SSSR count). The van der Waals surface area contributed by atoms with Crippen molar-refractivity contribution in [2.24, 2.45) is 0 Å². The quantitative estimate of drug-likeness (QED) is 0.347. The van der Waals surface area contributed by atoms with Crippen LogP contribution in [-0.4, -0.2) is 11.8 Å². The van der Waals surface area contributed by atoms with E-state index in [-0.39, 0.29) is 17.4 Å². The summed E-state index contributed by atoms with van der Waals surface area (Å²) in [6.45, 7) is 6.02. The van der Waals surface area contributed by atoms with Crippen LogP contribution in [0, 0.1) is 26.6 Å². The standard InChI is InChI=1S/C29H25FN2O2S/c1-17-8-9-22(30)15-23(17)28(33)31-25-13-18(2)24(12-19(25)3)29(34)32-16-21-10-11-35-27(21)14-20-6-4-5-7-26(20)32/h4-13,15H,14,16H2,1-3H3,(H,31,33). The number of amides is 2. The number of benzene rings is 3. The molecule has 0 bridgehead atoms. The zero-order valence-electron chi connectivity index (χ0n) is 19.8. The summed E-state index contributed by atoms with van der Waals surface area (Å²) in [6.07, 6.45) is 0.815. The van der Waals surface area contributed by atoms with Gasteiger partial charge in [0, 0.05) is 33.8 Å². The third-order valence-electron chi connectivity index (χ3n) is 6.54. The minimum absolute atomic E-state index is 0.0732. The van der Waals surface area contributed by atoms with Crippen molar-refractivity contribution in [1.29, 1.82) is 0 Å². The van der Waals surface area contributed by atoms with Crippen LogP contribution in [0.3, 0.4) is 0 Å². The fourth-order valence-corrected chi connectivity index (χ4v) is 5.47. The second-order valence-electron chi connectivity index (χ2n) is 8.96. The molecule has 3 aromatic carbocycles. The van der Waals surface area contributed by atoms with Gasteiger partial charge in [0.1, 0.15) is 5.82 Å². The molecule has 0 fully saturated rings. The number of halogens is 1. The van der Waals surface area contributed by atoms with E-state index >= 15 is 0 Å². The highest BCUT2D eigenvalue weighted by atomic mass is 32.1. The Balaban J connectivity index is 1.47. The number of fused-ring (bicyclic) bond motifs is 2. The summed E-state index contributed by atoms with van der Waals surface area (Å²) in [5, 5.41) is 4.96. The average molecular weight is 485 g/mol. The fraction of sp³-hybridized carbons (Fsp3) is 0.172. The minimum atomic E-state index is -0.457. The molecule has 1 aliphatic heterocycles. The lowest BCUT2D eigenvalue weighted by molar-refractivity contribution is 0.0983. The van der Waals surface area contributed by atoms with Gasteiger partial charge in [-0.1, -0.05) is 24.3 Å². The number of hydrogen-bond donors (Lipinski definition) is 1. The van der Waals surface area contributed by atoms with Crippen molar-refractivity contribution in [3.8, 4) is 0 Å². The first-order chi connectivity index (χ1) is 16.8. The number of nitrogens with zero attached hydrogens (tertiary/aromatic N) is 1. The summed E-state index contributed by atoms with van der Waals surface area (Å²) >= 11 is 1.72. The van der Waals surface area contributed by atoms with Crippen molar-refractivity contribution in [2.75, 3.05) is 10.2 Å². The van der Waals surface area contributed by atoms with E-state index in [1.54, 1.807) is 24.3 Å². The fourth-order valence-electron chi connectivity index (χ4n) is 4.55. The molecule has 4 aromatic rings. The summed E-state index contributed by atoms with van der Waals surface area (Å²) < 4.78 is 13.7. The van der Waals surface area contributed by atoms with Crippen LogP contribution in [0.4, 0.5) is 15.8 Å². The molecular formula is C29H25FN2O2S. The average Bonchev–Trinajstić information content (AvgIpc) is 3.21. The number of hydrogen-bond acceptors (Lipinski definition) is 3. The summed E-state index contributed by atoms with van der Waals surface area (Å²) in [5.41, 5.74) is 6.93. The molecule has 35 heavy (non-hydrogen) atoms. The second-order valence-corrected chi connectivity index (χ2v) is 9.96. The molecule has 0 atom stereocenters. The summed E-state index contributed by atoms with van der Waals surface area (Å²) in [7, 11) is 0. The number of nitrogens with one attached hydrogen (secondary N) is 1. The maximum atomic E-state index is 13.9. The Morgan fingerprint density at radius 3 is 2.51 bits per heavy atom. The lowest BCUT2D eigenvalue weighted by Crippen LogP contribution is -2.31. The number of rotatable bonds is 3. The van der Waals surface area contributed by atoms with Crippen molar-refractivity contribution >= 4 is 34.5 Å². The summed E-state index contributed by atoms with van der Waals surface area (Å²) in [4.78, 5) is 29.8. The van der Waals surface area contributed by atoms with Crippen molar-refractivity contribution in [3.05, 3.63) is 116 Å². The molecule has 0 aliphatic carbocycles. The van der Waals surface area contributed by atoms with Crippen molar-refractivity contribution < 1.29 is 14.0 Å². The van der Waals surface area contributed by atoms with Gasteiger partial charge in [0.05, 0.1) is 6.54 Å². The third kappa shape index (κ3) is 4.37. The van der Waals surface area contributed by atoms with Gasteiger partial charge in [-0.25, -0.2) is 4.39 Å². The molecule has 0 radical (unpaired) electrons. The zero-order valence-corrected chi connectivity index (χ0v) is 20.6. The van der Waals surface area contributed by atoms with Crippen LogP contribution in [0.25, 0.3) is 0 Å². The molecule has 4 nitrogen and oxygen atoms in total. The van der Waals surface area contributed by atoms with E-state index in [0.717, 1.165) is 28.8 Å². The van der Waals surface area contributed by atoms with Crippen LogP contribution in [0.1, 0.15) is 53.4 Å². The van der Waals surface area contributed by atoms with E-state index in [4.69, 9.17) is 0 Å². The van der Waals surface area contributed by atoms with Crippen LogP contribution in [0.15, 0.2) is 66.0 Å². The van der Waals surface area contributed by atoms with Gasteiger partial charge in [0.15, 0.2) is 0 Å². The van der Waals surface area contributed by atoms with Crippen LogP contribution < -0.4 is 10.2 Å². The van der Waals surface area contributed by atoms with Gasteiger partial charge in [-0.2, -0.15) is 0 Å². The monoisotopic (exact) mass is 484 g/mol. The molecular weight excluding hydrogens is 459 g/mol. The maximum absolute atomic E-state index is 13.9. The Morgan fingerprint density at radius 1 is 0.886 bits per heavy atom. The van der Waals surface area contributed by atoms with Gasteiger partial charge in [-0.05, 0) is 90.4 Å². The molecule has 1 aliphatic rings. The molecule has 0 saturated heterocycles. The van der Waals surface area contributed by atoms with E-state index in [1.807, 2.05) is 49.1 Å². The van der Waals surface area contributed by atoms with Crippen molar-refractivity contribution in [3.63, 3.8) is 0 Å². The minimum Gasteiger partial charge on any atom is -0.322 e. The number of thiophene rings is 1. The number of para-hydroxylation sites is 1. The van der Waals surface area contributed by atoms with Crippen LogP contribution in [-0.2, 0) is 13.0 Å². The Bertz CT molecular complexity index is 1470. The smallest absolute Gasteiger partial charge is 0.258 e. The summed E-state index contributed by atoms with van der Waals surface area (Å²) in [5.74, 6) is -0.910. The van der Waals surface area contributed by atoms with E-state index in [1.165, 1.54) is 22.6 Å². The lowest BCUT2D eigenvalue weighted by Gasteiger charge is -2.24. The molecule has 0 spiro atoms. The predicted molar refractivity (Wildman–Crippen MR) is 139 cm³/mol. The second kappa shape index (κ2) is 9.12. The number of aryl methyl sites for hydroxylation is 3. The van der Waals surface area contributed by atoms with Crippen LogP contribution in [0.2, 0.25) is 0 Å². The van der Waals surface area contributed by atoms with Gasteiger partial charge in [-0.3, -0.25) is 9.59 Å². The van der Waals surface area contributed by atoms with Crippen LogP contribution >= 0.6 is 11.3 Å². The van der Waals surface area contributed by atoms with Gasteiger partial charge in [-0.15, -0.1) is 11.3 Å². The SMILES string of the molecule is Cc1cc(C(=O)N2Cc3ccsc3Cc3ccccc32)c(C)cc1NC(=O)c1cc(F)ccc1C. The van der Waals surface area contributed by atoms with E-state index in [0.29, 0.717) is 23.4 Å². The highest BCUT2D eigenvalue weighted by Crippen LogP contribution is 2.35. The van der Waals surface area contributed by atoms with E-state index in [2.05, 4.69) is 22.8 Å². The first kappa shape index (κ1) is 23.0. The third-order valence-corrected chi connectivity index (χ3v) is 7.50. The van der Waals surface area contributed by atoms with Gasteiger partial charge in [0.2, 0.25) is 0 Å². The largest absolute Gasteiger partial charge is 0.322 e. The van der Waals surface area contributed by atoms with Gasteiger partial charge in [0.25, 0.3) is 11.8 Å². The van der Waals surface area contributed by atoms with E-state index in [9.17, 15) is 14.0 Å². The Morgan fingerprint density at radius 2 is 1.69 bits per heavy atom. The summed E-state index contributed by atoms with van der Waals surface area (Å²) in [6, 6.07) is 17.9. The number of carbonyl (C=O) groups is 2. The van der Waals surface area contributed by atoms with Gasteiger partial charge >= 0.3 is 0 Å². The van der Waals surface area contributed by atoms with Crippen molar-refractivity contribution in [2.45, 2.75) is 33.7 Å². The van der Waals surface area contributed by atoms with E-state index < -0.39 is 5.82 Å². The Kier molecular flexibility index (Phi) is 5.99. The molecule has 0 saturated carbocycles. The predicted octanol–water partition coefficient (Wildman–Crippen LogP) is 6.82. The molecule has 176 valence electrons. The number of carbonyl (C=O) groups excluding carboxylic acids is 2. The normalized spacial score (nSPS) is 12.5. The molecule has 2 heterocycles. The molecule has 1 aromatic heterocycles. The Hall–Kier alpha value is -3.77. The molecule has 1 N–H and O–H groups in total. The highest BCUT2D eigenvalue weighted by Gasteiger charge is 2.27. The highest BCUT2D eigenvalue weighted by molar-refractivity contribution is 7.10. The topological polar surface area (TPSA) is 49.4 Å². The van der Waals surface area contributed by atoms with Crippen molar-refractivity contribution in [1.82, 2.24) is 0 Å². The molecule has 6 heteroatoms. The Labute approximate surface area is 208 Å². The van der Waals surface area contributed by atoms with Crippen LogP contribution in [0.5, 0.6) is 0 Å². The lowest BCUT2D eigenvalue weighted by atomic mass is 10.0. The number of anilines is 2. The molecule has 0 unspecified atom stereocenters. The zero-order chi connectivity index (χ0) is 24.7. The van der Waals surface area contributed by atoms with Gasteiger partial charge < -0.3 is 10.2 Å².